The van der Waals surface area contributed by atoms with Crippen molar-refractivity contribution < 1.29 is 19.4 Å². The molecule has 2 amide bonds. The number of ether oxygens (including phenoxy) is 1. The normalized spacial score (nSPS) is 21.3. The fourth-order valence-electron chi connectivity index (χ4n) is 3.96. The zero-order valence-electron chi connectivity index (χ0n) is 14.5. The molecule has 4 rings (SSSR count). The summed E-state index contributed by atoms with van der Waals surface area (Å²) in [7, 11) is 1.32. The third kappa shape index (κ3) is 2.67. The van der Waals surface area contributed by atoms with Gasteiger partial charge < -0.3 is 14.7 Å². The van der Waals surface area contributed by atoms with E-state index in [1.54, 1.807) is 17.0 Å². The van der Waals surface area contributed by atoms with E-state index in [4.69, 9.17) is 4.74 Å². The molecule has 2 atom stereocenters. The summed E-state index contributed by atoms with van der Waals surface area (Å²) in [4.78, 5) is 28.7. The zero-order chi connectivity index (χ0) is 18.3. The van der Waals surface area contributed by atoms with Crippen LogP contribution in [0.15, 0.2) is 48.5 Å². The summed E-state index contributed by atoms with van der Waals surface area (Å²) in [6.07, 6.45) is -0.0904. The first-order valence-electron chi connectivity index (χ1n) is 8.59. The molecule has 0 spiro atoms. The predicted molar refractivity (Wildman–Crippen MR) is 94.4 cm³/mol. The van der Waals surface area contributed by atoms with Crippen molar-refractivity contribution in [2.45, 2.75) is 25.0 Å². The molecule has 0 unspecified atom stereocenters. The number of rotatable bonds is 2. The molecule has 2 bridgehead atoms. The maximum Gasteiger partial charge on any atom is 0.410 e. The van der Waals surface area contributed by atoms with Crippen molar-refractivity contribution in [2.75, 3.05) is 13.7 Å². The van der Waals surface area contributed by atoms with Crippen LogP contribution in [0.4, 0.5) is 4.79 Å². The molecule has 26 heavy (non-hydrogen) atoms. The largest absolute Gasteiger partial charge is 0.508 e. The van der Waals surface area contributed by atoms with E-state index < -0.39 is 12.1 Å². The molecule has 0 aromatic heterocycles. The van der Waals surface area contributed by atoms with Crippen LogP contribution in [-0.4, -0.2) is 46.6 Å². The first kappa shape index (κ1) is 16.4. The Balaban J connectivity index is 1.72. The number of carbonyl (C=O) groups excluding carboxylic acids is 2. The monoisotopic (exact) mass is 352 g/mol. The van der Waals surface area contributed by atoms with Crippen molar-refractivity contribution in [2.24, 2.45) is 0 Å². The number of carbonyl (C=O) groups is 2. The third-order valence-corrected chi connectivity index (χ3v) is 5.17. The number of phenolic OH excluding ortho intramolecular Hbond substituents is 1. The van der Waals surface area contributed by atoms with E-state index >= 15 is 0 Å². The lowest BCUT2D eigenvalue weighted by Gasteiger charge is -2.49. The highest BCUT2D eigenvalue weighted by atomic mass is 16.5. The van der Waals surface area contributed by atoms with Crippen LogP contribution in [0.5, 0.6) is 5.75 Å². The molecule has 0 aliphatic carbocycles. The summed E-state index contributed by atoms with van der Waals surface area (Å²) in [5.41, 5.74) is 2.91. The molecule has 0 saturated carbocycles. The molecule has 1 fully saturated rings. The van der Waals surface area contributed by atoms with E-state index in [2.05, 4.69) is 0 Å². The summed E-state index contributed by atoms with van der Waals surface area (Å²) in [6.45, 7) is 0.867. The Morgan fingerprint density at radius 3 is 2.69 bits per heavy atom. The second-order valence-corrected chi connectivity index (χ2v) is 6.70. The summed E-state index contributed by atoms with van der Waals surface area (Å²) >= 11 is 0. The van der Waals surface area contributed by atoms with Gasteiger partial charge in [0.05, 0.1) is 13.2 Å². The van der Waals surface area contributed by atoms with E-state index in [-0.39, 0.29) is 17.7 Å². The lowest BCUT2D eigenvalue weighted by molar-refractivity contribution is -0.145. The van der Waals surface area contributed by atoms with Crippen LogP contribution in [0, 0.1) is 0 Å². The van der Waals surface area contributed by atoms with E-state index in [1.807, 2.05) is 36.4 Å². The number of hydrogen-bond acceptors (Lipinski definition) is 4. The SMILES string of the molecule is COC(=O)N1[C@H]2Cc3ccc(O)cc3[C@@H]1CN(Cc1ccccc1)C2=O. The topological polar surface area (TPSA) is 70.1 Å². The van der Waals surface area contributed by atoms with Crippen molar-refractivity contribution in [3.05, 3.63) is 65.2 Å². The second-order valence-electron chi connectivity index (χ2n) is 6.70. The van der Waals surface area contributed by atoms with Gasteiger partial charge in [0.2, 0.25) is 5.91 Å². The fraction of sp³-hybridized carbons (Fsp3) is 0.300. The van der Waals surface area contributed by atoms with Gasteiger partial charge in [-0.05, 0) is 28.8 Å². The Morgan fingerprint density at radius 2 is 1.96 bits per heavy atom. The minimum absolute atomic E-state index is 0.0748. The molecular formula is C20H20N2O4. The fourth-order valence-corrected chi connectivity index (χ4v) is 3.96. The number of fused-ring (bicyclic) bond motifs is 4. The van der Waals surface area contributed by atoms with Gasteiger partial charge in [0.25, 0.3) is 0 Å². The van der Waals surface area contributed by atoms with Crippen LogP contribution in [0.3, 0.4) is 0 Å². The number of nitrogens with zero attached hydrogens (tertiary/aromatic N) is 2. The van der Waals surface area contributed by atoms with Crippen LogP contribution in [-0.2, 0) is 22.5 Å². The van der Waals surface area contributed by atoms with Crippen LogP contribution in [0.2, 0.25) is 0 Å². The van der Waals surface area contributed by atoms with E-state index in [0.717, 1.165) is 16.7 Å². The van der Waals surface area contributed by atoms with Gasteiger partial charge in [-0.15, -0.1) is 0 Å². The van der Waals surface area contributed by atoms with Crippen molar-refractivity contribution >= 4 is 12.0 Å². The predicted octanol–water partition coefficient (Wildman–Crippen LogP) is 2.47. The van der Waals surface area contributed by atoms with Crippen LogP contribution >= 0.6 is 0 Å². The molecule has 6 heteroatoms. The van der Waals surface area contributed by atoms with Crippen molar-refractivity contribution in [3.63, 3.8) is 0 Å². The third-order valence-electron chi connectivity index (χ3n) is 5.17. The quantitative estimate of drug-likeness (QED) is 0.901. The molecule has 0 radical (unpaired) electrons. The summed E-state index contributed by atoms with van der Waals surface area (Å²) in [5.74, 6) is 0.0766. The first-order chi connectivity index (χ1) is 12.6. The number of aromatic hydroxyl groups is 1. The van der Waals surface area contributed by atoms with Gasteiger partial charge >= 0.3 is 6.09 Å². The molecule has 134 valence electrons. The zero-order valence-corrected chi connectivity index (χ0v) is 14.5. The smallest absolute Gasteiger partial charge is 0.410 e. The Labute approximate surface area is 151 Å². The van der Waals surface area contributed by atoms with Gasteiger partial charge in [0.15, 0.2) is 0 Å². The second kappa shape index (κ2) is 6.37. The standard InChI is InChI=1S/C20H20N2O4/c1-26-20(25)22-17-9-14-7-8-15(23)10-16(14)18(22)12-21(19(17)24)11-13-5-3-2-4-6-13/h2-8,10,17-18,23H,9,11-12H2,1H3/t17-,18-/m0/s1. The van der Waals surface area contributed by atoms with Crippen molar-refractivity contribution in [1.82, 2.24) is 9.80 Å². The van der Waals surface area contributed by atoms with Crippen molar-refractivity contribution in [1.29, 1.82) is 0 Å². The number of hydrogen-bond donors (Lipinski definition) is 1. The molecule has 1 saturated heterocycles. The molecule has 6 nitrogen and oxygen atoms in total. The molecule has 2 heterocycles. The minimum atomic E-state index is -0.582. The van der Waals surface area contributed by atoms with Crippen LogP contribution in [0.25, 0.3) is 0 Å². The number of amides is 2. The Bertz CT molecular complexity index is 852. The van der Waals surface area contributed by atoms with Gasteiger partial charge in [0, 0.05) is 19.5 Å². The highest BCUT2D eigenvalue weighted by Crippen LogP contribution is 2.40. The maximum atomic E-state index is 13.1. The van der Waals surface area contributed by atoms with E-state index in [0.29, 0.717) is 19.5 Å². The first-order valence-corrected chi connectivity index (χ1v) is 8.59. The Kier molecular flexibility index (Phi) is 4.03. The van der Waals surface area contributed by atoms with Gasteiger partial charge in [-0.2, -0.15) is 0 Å². The Hall–Kier alpha value is -3.02. The van der Waals surface area contributed by atoms with E-state index in [9.17, 15) is 14.7 Å². The number of phenols is 1. The molecule has 2 aromatic rings. The van der Waals surface area contributed by atoms with Gasteiger partial charge in [-0.3, -0.25) is 9.69 Å². The lowest BCUT2D eigenvalue weighted by Crippen LogP contribution is -2.62. The molecular weight excluding hydrogens is 332 g/mol. The average molecular weight is 352 g/mol. The molecule has 2 aliphatic rings. The van der Waals surface area contributed by atoms with Crippen LogP contribution in [0.1, 0.15) is 22.7 Å². The number of piperazine rings is 1. The average Bonchev–Trinajstić information content (AvgIpc) is 2.66. The van der Waals surface area contributed by atoms with Gasteiger partial charge in [0.1, 0.15) is 11.8 Å². The van der Waals surface area contributed by atoms with Crippen molar-refractivity contribution in [3.8, 4) is 5.75 Å². The molecule has 2 aromatic carbocycles. The van der Waals surface area contributed by atoms with Crippen LogP contribution < -0.4 is 0 Å². The summed E-state index contributed by atoms with van der Waals surface area (Å²) < 4.78 is 4.93. The lowest BCUT2D eigenvalue weighted by atomic mass is 9.84. The van der Waals surface area contributed by atoms with Gasteiger partial charge in [-0.25, -0.2) is 4.79 Å². The number of benzene rings is 2. The number of methoxy groups -OCH3 is 1. The minimum Gasteiger partial charge on any atom is -0.508 e. The summed E-state index contributed by atoms with van der Waals surface area (Å²) in [6, 6.07) is 14.0. The maximum absolute atomic E-state index is 13.1. The molecule has 1 N–H and O–H groups in total. The molecule has 2 aliphatic heterocycles. The highest BCUT2D eigenvalue weighted by Gasteiger charge is 2.48. The highest BCUT2D eigenvalue weighted by molar-refractivity contribution is 5.88. The Morgan fingerprint density at radius 1 is 1.19 bits per heavy atom. The van der Waals surface area contributed by atoms with Gasteiger partial charge in [-0.1, -0.05) is 36.4 Å². The van der Waals surface area contributed by atoms with E-state index in [1.165, 1.54) is 12.0 Å². The summed E-state index contributed by atoms with van der Waals surface area (Å²) in [5, 5.41) is 9.91.